The van der Waals surface area contributed by atoms with E-state index >= 15 is 0 Å². The van der Waals surface area contributed by atoms with Crippen LogP contribution in [0.25, 0.3) is 0 Å². The van der Waals surface area contributed by atoms with Crippen molar-refractivity contribution < 1.29 is 13.0 Å². The zero-order valence-corrected chi connectivity index (χ0v) is 5.59. The second-order valence-electron chi connectivity index (χ2n) is 1.62. The third kappa shape index (κ3) is 1.09. The van der Waals surface area contributed by atoms with Crippen LogP contribution >= 0.6 is 0 Å². The summed E-state index contributed by atoms with van der Waals surface area (Å²) in [6.45, 7) is 0. The number of hydrogen-bond donors (Lipinski definition) is 3. The number of nitrogens with zero attached hydrogens (tertiary/aromatic N) is 1. The highest BCUT2D eigenvalue weighted by Gasteiger charge is 2.14. The molecule has 1 rings (SSSR count). The summed E-state index contributed by atoms with van der Waals surface area (Å²) >= 11 is 0. The average Bonchev–Trinajstić information content (AvgIpc) is 2.11. The Kier molecular flexibility index (Phi) is 1.38. The normalized spacial score (nSPS) is 11.7. The zero-order valence-electron chi connectivity index (χ0n) is 4.77. The molecule has 0 saturated carbocycles. The minimum absolute atomic E-state index is 0.164. The van der Waals surface area contributed by atoms with Crippen LogP contribution in [0, 0.1) is 0 Å². The van der Waals surface area contributed by atoms with E-state index in [-0.39, 0.29) is 5.82 Å². The van der Waals surface area contributed by atoms with E-state index in [4.69, 9.17) is 10.3 Å². The van der Waals surface area contributed by atoms with Gasteiger partial charge in [-0.2, -0.15) is 13.5 Å². The average molecular weight is 163 g/mol. The fourth-order valence-corrected chi connectivity index (χ4v) is 1.00. The number of rotatable bonds is 1. The molecule has 0 aliphatic carbocycles. The van der Waals surface area contributed by atoms with Crippen LogP contribution in [-0.2, 0) is 10.1 Å². The van der Waals surface area contributed by atoms with Gasteiger partial charge in [-0.15, -0.1) is 0 Å². The highest BCUT2D eigenvalue weighted by atomic mass is 32.2. The lowest BCUT2D eigenvalue weighted by atomic mass is 10.7. The van der Waals surface area contributed by atoms with Crippen molar-refractivity contribution in [2.45, 2.75) is 4.90 Å². The standard InChI is InChI=1S/C3H5N3O3S/c4-3-2(1-5-6-3)10(7,8)9/h1H,(H3,4,5,6)(H,7,8,9). The number of nitrogens with two attached hydrogens (primary N) is 1. The maximum absolute atomic E-state index is 10.3. The third-order valence-electron chi connectivity index (χ3n) is 0.910. The monoisotopic (exact) mass is 163 g/mol. The molecule has 4 N–H and O–H groups in total. The minimum Gasteiger partial charge on any atom is -0.383 e. The molecule has 56 valence electrons. The molecule has 6 nitrogen and oxygen atoms in total. The maximum Gasteiger partial charge on any atom is 0.299 e. The fourth-order valence-electron chi connectivity index (χ4n) is 0.491. The van der Waals surface area contributed by atoms with Gasteiger partial charge in [-0.1, -0.05) is 0 Å². The number of nitrogens with one attached hydrogen (secondary N) is 1. The van der Waals surface area contributed by atoms with E-state index in [9.17, 15) is 8.42 Å². The first-order valence-corrected chi connectivity index (χ1v) is 3.72. The molecule has 0 unspecified atom stereocenters. The summed E-state index contributed by atoms with van der Waals surface area (Å²) in [5.41, 5.74) is 5.07. The van der Waals surface area contributed by atoms with Crippen molar-refractivity contribution in [3.63, 3.8) is 0 Å². The summed E-state index contributed by atoms with van der Waals surface area (Å²) in [5.74, 6) is -0.164. The Morgan fingerprint density at radius 2 is 2.30 bits per heavy atom. The van der Waals surface area contributed by atoms with E-state index in [1.165, 1.54) is 0 Å². The Balaban J connectivity index is 3.32. The summed E-state index contributed by atoms with van der Waals surface area (Å²) in [4.78, 5) is -0.396. The minimum atomic E-state index is -4.21. The predicted molar refractivity (Wildman–Crippen MR) is 32.8 cm³/mol. The summed E-state index contributed by atoms with van der Waals surface area (Å²) in [6, 6.07) is 0. The number of hydrogen-bond acceptors (Lipinski definition) is 4. The van der Waals surface area contributed by atoms with Gasteiger partial charge >= 0.3 is 0 Å². The molecule has 0 amide bonds. The van der Waals surface area contributed by atoms with Gasteiger partial charge in [0.15, 0.2) is 4.90 Å². The van der Waals surface area contributed by atoms with E-state index in [2.05, 4.69) is 10.2 Å². The molecule has 7 heteroatoms. The first-order valence-electron chi connectivity index (χ1n) is 2.28. The molecule has 0 fully saturated rings. The molecule has 0 spiro atoms. The Labute approximate surface area is 56.8 Å². The molecule has 0 atom stereocenters. The van der Waals surface area contributed by atoms with Crippen LogP contribution in [0.5, 0.6) is 0 Å². The van der Waals surface area contributed by atoms with Crippen LogP contribution in [0.4, 0.5) is 5.82 Å². The SMILES string of the molecule is Nc1[nH]ncc1S(=O)(=O)O. The van der Waals surface area contributed by atoms with E-state index in [1.54, 1.807) is 0 Å². The van der Waals surface area contributed by atoms with Gasteiger partial charge in [-0.25, -0.2) is 0 Å². The molecule has 0 aliphatic rings. The second-order valence-corrected chi connectivity index (χ2v) is 3.01. The van der Waals surface area contributed by atoms with Crippen LogP contribution in [0.15, 0.2) is 11.1 Å². The quantitative estimate of drug-likeness (QED) is 0.471. The van der Waals surface area contributed by atoms with E-state index < -0.39 is 15.0 Å². The Morgan fingerprint density at radius 1 is 1.70 bits per heavy atom. The topological polar surface area (TPSA) is 109 Å². The van der Waals surface area contributed by atoms with E-state index in [0.717, 1.165) is 6.20 Å². The third-order valence-corrected chi connectivity index (χ3v) is 1.79. The molecule has 10 heavy (non-hydrogen) atoms. The van der Waals surface area contributed by atoms with Gasteiger partial charge in [-0.05, 0) is 0 Å². The molecule has 0 radical (unpaired) electrons. The van der Waals surface area contributed by atoms with Gasteiger partial charge in [0, 0.05) is 0 Å². The molecular formula is C3H5N3O3S. The summed E-state index contributed by atoms with van der Waals surface area (Å²) < 4.78 is 29.1. The zero-order chi connectivity index (χ0) is 7.78. The van der Waals surface area contributed by atoms with Gasteiger partial charge < -0.3 is 5.73 Å². The van der Waals surface area contributed by atoms with Crippen molar-refractivity contribution in [2.75, 3.05) is 5.73 Å². The molecule has 1 aromatic heterocycles. The Hall–Kier alpha value is -1.08. The Bertz CT molecular complexity index is 327. The lowest BCUT2D eigenvalue weighted by molar-refractivity contribution is 0.483. The van der Waals surface area contributed by atoms with Crippen LogP contribution in [0.2, 0.25) is 0 Å². The first-order chi connectivity index (χ1) is 4.52. The summed E-state index contributed by atoms with van der Waals surface area (Å²) in [5, 5.41) is 5.46. The Morgan fingerprint density at radius 3 is 2.50 bits per heavy atom. The highest BCUT2D eigenvalue weighted by Crippen LogP contribution is 2.12. The van der Waals surface area contributed by atoms with Crippen molar-refractivity contribution in [1.29, 1.82) is 0 Å². The van der Waals surface area contributed by atoms with Crippen molar-refractivity contribution in [1.82, 2.24) is 10.2 Å². The molecule has 0 aliphatic heterocycles. The number of H-pyrrole nitrogens is 1. The number of aromatic amines is 1. The summed E-state index contributed by atoms with van der Waals surface area (Å²) in [6.07, 6.45) is 0.935. The van der Waals surface area contributed by atoms with Gasteiger partial charge in [0.05, 0.1) is 6.20 Å². The van der Waals surface area contributed by atoms with E-state index in [0.29, 0.717) is 0 Å². The van der Waals surface area contributed by atoms with Crippen LogP contribution in [0.3, 0.4) is 0 Å². The van der Waals surface area contributed by atoms with Gasteiger partial charge in [-0.3, -0.25) is 9.65 Å². The van der Waals surface area contributed by atoms with Gasteiger partial charge in [0.25, 0.3) is 10.1 Å². The largest absolute Gasteiger partial charge is 0.383 e. The van der Waals surface area contributed by atoms with Crippen LogP contribution < -0.4 is 5.73 Å². The van der Waals surface area contributed by atoms with Crippen molar-refractivity contribution in [3.05, 3.63) is 6.20 Å². The van der Waals surface area contributed by atoms with Gasteiger partial charge in [0.2, 0.25) is 0 Å². The first kappa shape index (κ1) is 7.03. The van der Waals surface area contributed by atoms with Crippen molar-refractivity contribution >= 4 is 15.9 Å². The molecular weight excluding hydrogens is 158 g/mol. The molecule has 1 aromatic rings. The highest BCUT2D eigenvalue weighted by molar-refractivity contribution is 7.86. The van der Waals surface area contributed by atoms with Crippen molar-refractivity contribution in [2.24, 2.45) is 0 Å². The molecule has 0 saturated heterocycles. The van der Waals surface area contributed by atoms with E-state index in [1.807, 2.05) is 0 Å². The number of nitrogen functional groups attached to an aromatic ring is 1. The lowest BCUT2D eigenvalue weighted by Gasteiger charge is -1.89. The van der Waals surface area contributed by atoms with Gasteiger partial charge in [0.1, 0.15) is 5.82 Å². The molecule has 0 aromatic carbocycles. The van der Waals surface area contributed by atoms with Crippen molar-refractivity contribution in [3.8, 4) is 0 Å². The van der Waals surface area contributed by atoms with Crippen LogP contribution in [-0.4, -0.2) is 23.2 Å². The fraction of sp³-hybridized carbons (Fsp3) is 0. The molecule has 1 heterocycles. The van der Waals surface area contributed by atoms with Crippen LogP contribution in [0.1, 0.15) is 0 Å². The maximum atomic E-state index is 10.3. The smallest absolute Gasteiger partial charge is 0.299 e. The number of anilines is 1. The summed E-state index contributed by atoms with van der Waals surface area (Å²) in [7, 11) is -4.21. The second kappa shape index (κ2) is 1.96. The lowest BCUT2D eigenvalue weighted by Crippen LogP contribution is -2.00. The predicted octanol–water partition coefficient (Wildman–Crippen LogP) is -0.761. The molecule has 0 bridgehead atoms. The number of aromatic nitrogens is 2.